The topological polar surface area (TPSA) is 67.4 Å². The van der Waals surface area contributed by atoms with Gasteiger partial charge in [0, 0.05) is 29.3 Å². The second-order valence-corrected chi connectivity index (χ2v) is 15.3. The number of hydrogen-bond donors (Lipinski definition) is 2. The summed E-state index contributed by atoms with van der Waals surface area (Å²) >= 11 is 0. The molecule has 36 heavy (non-hydrogen) atoms. The summed E-state index contributed by atoms with van der Waals surface area (Å²) < 4.78 is 6.70. The maximum absolute atomic E-state index is 12.7. The first-order valence-electron chi connectivity index (χ1n) is 14.2. The van der Waals surface area contributed by atoms with Gasteiger partial charge in [-0.15, -0.1) is 0 Å². The summed E-state index contributed by atoms with van der Waals surface area (Å²) in [7, 11) is 0. The Morgan fingerprint density at radius 3 is 1.81 bits per heavy atom. The van der Waals surface area contributed by atoms with Crippen molar-refractivity contribution in [3.8, 4) is 0 Å². The Labute approximate surface area is 223 Å². The average Bonchev–Trinajstić information content (AvgIpc) is 2.68. The normalized spacial score (nSPS) is 24.3. The van der Waals surface area contributed by atoms with Gasteiger partial charge in [0.2, 0.25) is 11.8 Å². The minimum Gasteiger partial charge on any atom is -0.374 e. The summed E-state index contributed by atoms with van der Waals surface area (Å²) in [5, 5.41) is 6.14. The van der Waals surface area contributed by atoms with Gasteiger partial charge >= 0.3 is 0 Å². The van der Waals surface area contributed by atoms with Gasteiger partial charge in [-0.3, -0.25) is 9.59 Å². The van der Waals surface area contributed by atoms with E-state index in [1.54, 1.807) is 0 Å². The van der Waals surface area contributed by atoms with Crippen LogP contribution in [0.25, 0.3) is 0 Å². The first-order chi connectivity index (χ1) is 16.0. The van der Waals surface area contributed by atoms with Gasteiger partial charge in [-0.1, -0.05) is 69.2 Å². The van der Waals surface area contributed by atoms with E-state index in [4.69, 9.17) is 4.74 Å². The van der Waals surface area contributed by atoms with E-state index in [1.807, 2.05) is 34.6 Å². The lowest BCUT2D eigenvalue weighted by molar-refractivity contribution is -0.234. The molecule has 2 N–H and O–H groups in total. The van der Waals surface area contributed by atoms with E-state index in [2.05, 4.69) is 79.9 Å². The second-order valence-electron chi connectivity index (χ2n) is 15.3. The van der Waals surface area contributed by atoms with Crippen LogP contribution < -0.4 is 10.6 Å². The van der Waals surface area contributed by atoms with Gasteiger partial charge in [-0.2, -0.15) is 0 Å². The van der Waals surface area contributed by atoms with Crippen molar-refractivity contribution in [3.05, 3.63) is 0 Å². The second kappa shape index (κ2) is 11.3. The highest BCUT2D eigenvalue weighted by atomic mass is 16.5. The van der Waals surface area contributed by atoms with Crippen LogP contribution in [0, 0.1) is 39.4 Å². The van der Waals surface area contributed by atoms with Gasteiger partial charge in [0.1, 0.15) is 0 Å². The van der Waals surface area contributed by atoms with Crippen molar-refractivity contribution in [2.24, 2.45) is 39.4 Å². The zero-order chi connectivity index (χ0) is 28.5. The van der Waals surface area contributed by atoms with E-state index in [-0.39, 0.29) is 63.0 Å². The van der Waals surface area contributed by atoms with Crippen LogP contribution in [0.4, 0.5) is 0 Å². The molecule has 0 saturated heterocycles. The highest BCUT2D eigenvalue weighted by Crippen LogP contribution is 2.58. The molecule has 0 aromatic rings. The molecule has 4 unspecified atom stereocenters. The van der Waals surface area contributed by atoms with Gasteiger partial charge in [0.15, 0.2) is 0 Å². The fourth-order valence-corrected chi connectivity index (χ4v) is 5.90. The minimum atomic E-state index is -0.318. The molecule has 4 atom stereocenters. The predicted molar refractivity (Wildman–Crippen MR) is 152 cm³/mol. The molecule has 5 nitrogen and oxygen atoms in total. The highest BCUT2D eigenvalue weighted by Gasteiger charge is 2.61. The Morgan fingerprint density at radius 2 is 1.36 bits per heavy atom. The van der Waals surface area contributed by atoms with Gasteiger partial charge < -0.3 is 15.4 Å². The molecule has 0 aromatic heterocycles. The number of carbonyl (C=O) groups is 2. The smallest absolute Gasteiger partial charge is 0.224 e. The van der Waals surface area contributed by atoms with E-state index >= 15 is 0 Å². The van der Waals surface area contributed by atoms with Gasteiger partial charge in [0.05, 0.1) is 12.2 Å². The Balaban J connectivity index is 2.83. The number of amides is 2. The zero-order valence-corrected chi connectivity index (χ0v) is 26.4. The quantitative estimate of drug-likeness (QED) is 0.282. The van der Waals surface area contributed by atoms with E-state index in [0.717, 1.165) is 19.3 Å². The fourth-order valence-electron chi connectivity index (χ4n) is 5.90. The Kier molecular flexibility index (Phi) is 10.4. The van der Waals surface area contributed by atoms with Crippen molar-refractivity contribution in [2.45, 2.75) is 141 Å². The number of rotatable bonds is 13. The summed E-state index contributed by atoms with van der Waals surface area (Å²) in [6.07, 6.45) is 2.67. The van der Waals surface area contributed by atoms with Crippen LogP contribution in [0.5, 0.6) is 0 Å². The Bertz CT molecular complexity index is 766. The van der Waals surface area contributed by atoms with Crippen molar-refractivity contribution in [3.63, 3.8) is 0 Å². The predicted octanol–water partition coefficient (Wildman–Crippen LogP) is 6.99. The third-order valence-electron chi connectivity index (χ3n) is 9.90. The summed E-state index contributed by atoms with van der Waals surface area (Å²) in [6.45, 7) is 33.5. The minimum absolute atomic E-state index is 0.00399. The third-order valence-corrected chi connectivity index (χ3v) is 9.90. The summed E-state index contributed by atoms with van der Waals surface area (Å²) in [4.78, 5) is 25.2. The molecule has 0 spiro atoms. The molecule has 1 saturated carbocycles. The molecular formula is C31H60N2O3. The summed E-state index contributed by atoms with van der Waals surface area (Å²) in [5.74, 6) is 0.711. The molecular weight excluding hydrogens is 448 g/mol. The van der Waals surface area contributed by atoms with Gasteiger partial charge in [-0.25, -0.2) is 0 Å². The van der Waals surface area contributed by atoms with Crippen molar-refractivity contribution < 1.29 is 14.3 Å². The Morgan fingerprint density at radius 1 is 0.861 bits per heavy atom. The molecule has 0 bridgehead atoms. The van der Waals surface area contributed by atoms with Crippen LogP contribution >= 0.6 is 0 Å². The molecule has 0 heterocycles. The molecule has 2 amide bonds. The molecule has 0 radical (unpaired) electrons. The number of ether oxygens (including phenoxy) is 1. The SMILES string of the molecule is CC(C)NC(=O)C(C)CC(C)(C)CC(C)C(C)(C)C(C)(C)COC1(C)CC(C(=O)NC(C)C)C1(C)C. The standard InChI is InChI=1S/C31H60N2O3/c1-20(2)32-25(34)22(5)16-27(7,8)17-23(6)29(11,12)28(9,10)19-36-31(15)18-24(30(31,13)14)26(35)33-21(3)4/h20-24H,16-19H2,1-15H3,(H,32,34)(H,33,35). The van der Waals surface area contributed by atoms with Crippen molar-refractivity contribution in [1.29, 1.82) is 0 Å². The molecule has 1 rings (SSSR count). The fraction of sp³-hybridized carbons (Fsp3) is 0.935. The molecule has 212 valence electrons. The lowest BCUT2D eigenvalue weighted by Gasteiger charge is -2.60. The van der Waals surface area contributed by atoms with Crippen LogP contribution in [0.15, 0.2) is 0 Å². The van der Waals surface area contributed by atoms with E-state index in [0.29, 0.717) is 12.5 Å². The largest absolute Gasteiger partial charge is 0.374 e. The zero-order valence-electron chi connectivity index (χ0n) is 26.4. The number of nitrogens with one attached hydrogen (secondary N) is 2. The molecule has 5 heteroatoms. The van der Waals surface area contributed by atoms with E-state index in [9.17, 15) is 9.59 Å². The van der Waals surface area contributed by atoms with Crippen LogP contribution in [-0.4, -0.2) is 36.1 Å². The summed E-state index contributed by atoms with van der Waals surface area (Å²) in [5.41, 5.74) is -0.520. The number of carbonyl (C=O) groups excluding carboxylic acids is 2. The summed E-state index contributed by atoms with van der Waals surface area (Å²) in [6, 6.07) is 0.322. The molecule has 1 aliphatic rings. The monoisotopic (exact) mass is 508 g/mol. The third kappa shape index (κ3) is 7.48. The average molecular weight is 509 g/mol. The molecule has 0 aliphatic heterocycles. The van der Waals surface area contributed by atoms with Crippen LogP contribution in [0.1, 0.15) is 123 Å². The first-order valence-corrected chi connectivity index (χ1v) is 14.2. The lowest BCUT2D eigenvalue weighted by atomic mass is 9.51. The maximum Gasteiger partial charge on any atom is 0.224 e. The van der Waals surface area contributed by atoms with Crippen molar-refractivity contribution in [1.82, 2.24) is 10.6 Å². The van der Waals surface area contributed by atoms with E-state index < -0.39 is 0 Å². The van der Waals surface area contributed by atoms with Gasteiger partial charge in [-0.05, 0) is 76.0 Å². The van der Waals surface area contributed by atoms with E-state index in [1.165, 1.54) is 0 Å². The lowest BCUT2D eigenvalue weighted by Crippen LogP contribution is -2.65. The molecule has 0 aromatic carbocycles. The first kappa shape index (κ1) is 32.9. The van der Waals surface area contributed by atoms with Gasteiger partial charge in [0.25, 0.3) is 0 Å². The van der Waals surface area contributed by atoms with Crippen molar-refractivity contribution >= 4 is 11.8 Å². The van der Waals surface area contributed by atoms with Crippen molar-refractivity contribution in [2.75, 3.05) is 6.61 Å². The van der Waals surface area contributed by atoms with Crippen LogP contribution in [-0.2, 0) is 14.3 Å². The number of hydrogen-bond acceptors (Lipinski definition) is 3. The van der Waals surface area contributed by atoms with Crippen LogP contribution in [0.3, 0.4) is 0 Å². The molecule has 1 fully saturated rings. The molecule has 1 aliphatic carbocycles. The maximum atomic E-state index is 12.7. The highest BCUT2D eigenvalue weighted by molar-refractivity contribution is 5.81. The van der Waals surface area contributed by atoms with Crippen LogP contribution in [0.2, 0.25) is 0 Å². The Hall–Kier alpha value is -1.10.